The summed E-state index contributed by atoms with van der Waals surface area (Å²) in [6.45, 7) is 0. The Kier molecular flexibility index (Phi) is 3.31. The van der Waals surface area contributed by atoms with E-state index in [4.69, 9.17) is 5.73 Å². The van der Waals surface area contributed by atoms with E-state index < -0.39 is 24.2 Å². The van der Waals surface area contributed by atoms with E-state index in [0.717, 1.165) is 10.9 Å². The van der Waals surface area contributed by atoms with Crippen molar-refractivity contribution in [2.45, 2.75) is 24.7 Å². The number of amides is 1. The summed E-state index contributed by atoms with van der Waals surface area (Å²) in [6, 6.07) is 6.38. The summed E-state index contributed by atoms with van der Waals surface area (Å²) >= 11 is 0. The van der Waals surface area contributed by atoms with Gasteiger partial charge in [0.05, 0.1) is 12.2 Å². The number of nitrogens with two attached hydrogens (primary N) is 1. The third-order valence-electron chi connectivity index (χ3n) is 3.71. The largest absolute Gasteiger partial charge is 0.410 e. The van der Waals surface area contributed by atoms with Crippen molar-refractivity contribution in [3.8, 4) is 0 Å². The quantitative estimate of drug-likeness (QED) is 0.895. The Labute approximate surface area is 123 Å². The number of hydrogen-bond donors (Lipinski definition) is 2. The minimum absolute atomic E-state index is 0.00919. The maximum atomic E-state index is 13.3. The number of hydrogen-bond acceptors (Lipinski definition) is 3. The normalized spacial score (nSPS) is 21.0. The average molecular weight is 310 g/mol. The Morgan fingerprint density at radius 1 is 1.32 bits per heavy atom. The number of aromatic nitrogens is 2. The molecule has 116 valence electrons. The van der Waals surface area contributed by atoms with Gasteiger partial charge in [-0.05, 0) is 5.56 Å². The second kappa shape index (κ2) is 5.04. The van der Waals surface area contributed by atoms with Gasteiger partial charge < -0.3 is 11.1 Å². The summed E-state index contributed by atoms with van der Waals surface area (Å²) in [6.07, 6.45) is -3.61. The number of alkyl halides is 3. The smallest absolute Gasteiger partial charge is 0.365 e. The molecule has 1 aliphatic heterocycles. The fraction of sp³-hybridized carbons (Fsp3) is 0.286. The number of nitrogens with one attached hydrogen (secondary N) is 1. The molecule has 0 fully saturated rings. The van der Waals surface area contributed by atoms with Crippen LogP contribution in [0, 0.1) is 0 Å². The first-order valence-corrected chi connectivity index (χ1v) is 6.63. The SMILES string of the molecule is NC(=O)c1cnn2c1N[C@H](c1ccccc1)C[C@H]2C(F)(F)F. The van der Waals surface area contributed by atoms with Crippen LogP contribution in [0.25, 0.3) is 0 Å². The molecule has 0 aliphatic carbocycles. The number of anilines is 1. The van der Waals surface area contributed by atoms with Crippen molar-refractivity contribution in [3.63, 3.8) is 0 Å². The molecule has 0 bridgehead atoms. The van der Waals surface area contributed by atoms with Crippen LogP contribution in [0.1, 0.15) is 34.4 Å². The molecule has 5 nitrogen and oxygen atoms in total. The van der Waals surface area contributed by atoms with Crippen LogP contribution in [0.4, 0.5) is 19.0 Å². The van der Waals surface area contributed by atoms with Gasteiger partial charge in [-0.3, -0.25) is 4.79 Å². The minimum Gasteiger partial charge on any atom is -0.365 e. The summed E-state index contributed by atoms with van der Waals surface area (Å²) in [4.78, 5) is 11.4. The van der Waals surface area contributed by atoms with Crippen LogP contribution in [-0.4, -0.2) is 21.9 Å². The number of carbonyl (C=O) groups excluding carboxylic acids is 1. The van der Waals surface area contributed by atoms with E-state index >= 15 is 0 Å². The van der Waals surface area contributed by atoms with Gasteiger partial charge in [0.2, 0.25) is 0 Å². The van der Waals surface area contributed by atoms with E-state index in [-0.39, 0.29) is 17.8 Å². The molecular weight excluding hydrogens is 297 g/mol. The number of rotatable bonds is 2. The van der Waals surface area contributed by atoms with Crippen molar-refractivity contribution in [1.82, 2.24) is 9.78 Å². The van der Waals surface area contributed by atoms with Crippen molar-refractivity contribution in [2.75, 3.05) is 5.32 Å². The van der Waals surface area contributed by atoms with E-state index in [2.05, 4.69) is 10.4 Å². The Balaban J connectivity index is 2.07. The van der Waals surface area contributed by atoms with Crippen molar-refractivity contribution in [2.24, 2.45) is 5.73 Å². The van der Waals surface area contributed by atoms with Gasteiger partial charge in [-0.15, -0.1) is 0 Å². The average Bonchev–Trinajstić information content (AvgIpc) is 2.90. The minimum atomic E-state index is -4.47. The topological polar surface area (TPSA) is 72.9 Å². The Bertz CT molecular complexity index is 696. The number of fused-ring (bicyclic) bond motifs is 1. The number of benzene rings is 1. The molecule has 2 heterocycles. The fourth-order valence-electron chi connectivity index (χ4n) is 2.65. The number of carbonyl (C=O) groups is 1. The third-order valence-corrected chi connectivity index (χ3v) is 3.71. The second-order valence-corrected chi connectivity index (χ2v) is 5.12. The van der Waals surface area contributed by atoms with E-state index in [9.17, 15) is 18.0 Å². The zero-order valence-corrected chi connectivity index (χ0v) is 11.3. The van der Waals surface area contributed by atoms with Gasteiger partial charge in [-0.25, -0.2) is 4.68 Å². The molecule has 0 saturated heterocycles. The molecule has 3 N–H and O–H groups in total. The Morgan fingerprint density at radius 3 is 2.59 bits per heavy atom. The van der Waals surface area contributed by atoms with Crippen LogP contribution in [0.2, 0.25) is 0 Å². The molecule has 1 aliphatic rings. The van der Waals surface area contributed by atoms with Crippen LogP contribution in [0.5, 0.6) is 0 Å². The van der Waals surface area contributed by atoms with E-state index in [1.807, 2.05) is 0 Å². The zero-order valence-electron chi connectivity index (χ0n) is 11.3. The molecule has 2 aromatic rings. The fourth-order valence-corrected chi connectivity index (χ4v) is 2.65. The van der Waals surface area contributed by atoms with E-state index in [0.29, 0.717) is 5.56 Å². The predicted molar refractivity (Wildman–Crippen MR) is 73.3 cm³/mol. The molecular formula is C14H13F3N4O. The molecule has 1 aromatic carbocycles. The molecule has 2 atom stereocenters. The summed E-state index contributed by atoms with van der Waals surface area (Å²) in [7, 11) is 0. The zero-order chi connectivity index (χ0) is 15.9. The van der Waals surface area contributed by atoms with Gasteiger partial charge >= 0.3 is 6.18 Å². The maximum Gasteiger partial charge on any atom is 0.410 e. The highest BCUT2D eigenvalue weighted by atomic mass is 19.4. The highest BCUT2D eigenvalue weighted by Crippen LogP contribution is 2.44. The van der Waals surface area contributed by atoms with Crippen molar-refractivity contribution < 1.29 is 18.0 Å². The summed E-state index contributed by atoms with van der Waals surface area (Å²) in [5.74, 6) is -0.807. The first-order valence-electron chi connectivity index (χ1n) is 6.63. The molecule has 0 radical (unpaired) electrons. The first-order chi connectivity index (χ1) is 10.4. The molecule has 1 aromatic heterocycles. The molecule has 0 unspecified atom stereocenters. The van der Waals surface area contributed by atoms with E-state index in [1.165, 1.54) is 0 Å². The van der Waals surface area contributed by atoms with Crippen LogP contribution >= 0.6 is 0 Å². The van der Waals surface area contributed by atoms with Crippen molar-refractivity contribution in [3.05, 3.63) is 47.7 Å². The predicted octanol–water partition coefficient (Wildman–Crippen LogP) is 2.64. The number of halogens is 3. The van der Waals surface area contributed by atoms with E-state index in [1.54, 1.807) is 30.3 Å². The summed E-state index contributed by atoms with van der Waals surface area (Å²) in [5.41, 5.74) is 5.87. The van der Waals surface area contributed by atoms with Gasteiger partial charge in [0.25, 0.3) is 5.91 Å². The number of primary amides is 1. The molecule has 0 spiro atoms. The van der Waals surface area contributed by atoms with Gasteiger partial charge in [0.15, 0.2) is 6.04 Å². The Hall–Kier alpha value is -2.51. The van der Waals surface area contributed by atoms with Crippen LogP contribution < -0.4 is 11.1 Å². The lowest BCUT2D eigenvalue weighted by molar-refractivity contribution is -0.173. The number of nitrogens with zero attached hydrogens (tertiary/aromatic N) is 2. The molecule has 8 heteroatoms. The summed E-state index contributed by atoms with van der Waals surface area (Å²) < 4.78 is 40.7. The van der Waals surface area contributed by atoms with Crippen LogP contribution in [-0.2, 0) is 0 Å². The van der Waals surface area contributed by atoms with Gasteiger partial charge in [0, 0.05) is 6.42 Å². The Morgan fingerprint density at radius 2 is 2.00 bits per heavy atom. The van der Waals surface area contributed by atoms with Gasteiger partial charge in [0.1, 0.15) is 11.4 Å². The van der Waals surface area contributed by atoms with Gasteiger partial charge in [-0.2, -0.15) is 18.3 Å². The lowest BCUT2D eigenvalue weighted by atomic mass is 9.96. The summed E-state index contributed by atoms with van der Waals surface area (Å²) in [5, 5.41) is 6.63. The highest BCUT2D eigenvalue weighted by molar-refractivity contribution is 5.97. The molecule has 1 amide bonds. The highest BCUT2D eigenvalue weighted by Gasteiger charge is 2.47. The van der Waals surface area contributed by atoms with Crippen LogP contribution in [0.3, 0.4) is 0 Å². The molecule has 22 heavy (non-hydrogen) atoms. The first kappa shape index (κ1) is 14.4. The third kappa shape index (κ3) is 2.40. The lowest BCUT2D eigenvalue weighted by Crippen LogP contribution is -2.36. The lowest BCUT2D eigenvalue weighted by Gasteiger charge is -2.33. The maximum absolute atomic E-state index is 13.3. The second-order valence-electron chi connectivity index (χ2n) is 5.12. The monoisotopic (exact) mass is 310 g/mol. The molecule has 0 saturated carbocycles. The standard InChI is InChI=1S/C14H13F3N4O/c15-14(16,17)11-6-10(8-4-2-1-3-5-8)20-13-9(12(18)22)7-19-21(11)13/h1-5,7,10-11,20H,6H2,(H2,18,22)/t10-,11-/m0/s1. The van der Waals surface area contributed by atoms with Gasteiger partial charge in [-0.1, -0.05) is 30.3 Å². The van der Waals surface area contributed by atoms with Crippen molar-refractivity contribution >= 4 is 11.7 Å². The molecule has 3 rings (SSSR count). The van der Waals surface area contributed by atoms with Crippen LogP contribution in [0.15, 0.2) is 36.5 Å². The van der Waals surface area contributed by atoms with Crippen molar-refractivity contribution in [1.29, 1.82) is 0 Å².